The van der Waals surface area contributed by atoms with Crippen molar-refractivity contribution in [1.82, 2.24) is 0 Å². The number of hydrogen-bond acceptors (Lipinski definition) is 3. The molecule has 0 saturated heterocycles. The normalized spacial score (nSPS) is 10.9. The van der Waals surface area contributed by atoms with Gasteiger partial charge in [-0.15, -0.1) is 0 Å². The summed E-state index contributed by atoms with van der Waals surface area (Å²) in [5.41, 5.74) is 2.98. The van der Waals surface area contributed by atoms with Crippen molar-refractivity contribution in [1.29, 1.82) is 5.26 Å². The summed E-state index contributed by atoms with van der Waals surface area (Å²) in [4.78, 5) is 0. The SMILES string of the molecule is CC(C)(c1ccccc1)c1ccc(OCCOc2ccccc2C#N)cc1. The zero-order valence-corrected chi connectivity index (χ0v) is 15.7. The molecule has 0 aliphatic rings. The molecule has 3 aromatic carbocycles. The third-order valence-electron chi connectivity index (χ3n) is 4.69. The maximum Gasteiger partial charge on any atom is 0.137 e. The molecule has 0 spiro atoms. The molecule has 0 N–H and O–H groups in total. The molecule has 0 saturated carbocycles. The van der Waals surface area contributed by atoms with E-state index in [1.165, 1.54) is 11.1 Å². The zero-order chi connectivity index (χ0) is 19.1. The lowest BCUT2D eigenvalue weighted by molar-refractivity contribution is 0.216. The molecule has 0 bridgehead atoms. The number of para-hydroxylation sites is 1. The van der Waals surface area contributed by atoms with Gasteiger partial charge in [0.25, 0.3) is 0 Å². The predicted octanol–water partition coefficient (Wildman–Crippen LogP) is 5.34. The highest BCUT2D eigenvalue weighted by molar-refractivity contribution is 5.42. The Bertz CT molecular complexity index is 909. The molecule has 0 heterocycles. The second-order valence-corrected chi connectivity index (χ2v) is 6.82. The van der Waals surface area contributed by atoms with Crippen molar-refractivity contribution in [2.24, 2.45) is 0 Å². The van der Waals surface area contributed by atoms with Crippen molar-refractivity contribution in [2.45, 2.75) is 19.3 Å². The fraction of sp³-hybridized carbons (Fsp3) is 0.208. The van der Waals surface area contributed by atoms with Crippen LogP contribution in [0.1, 0.15) is 30.5 Å². The first-order chi connectivity index (χ1) is 13.1. The van der Waals surface area contributed by atoms with E-state index in [1.54, 1.807) is 12.1 Å². The third-order valence-corrected chi connectivity index (χ3v) is 4.69. The van der Waals surface area contributed by atoms with Gasteiger partial charge in [-0.2, -0.15) is 5.26 Å². The lowest BCUT2D eigenvalue weighted by Gasteiger charge is -2.26. The standard InChI is InChI=1S/C24H23NO2/c1-24(2,20-9-4-3-5-10-20)21-12-14-22(15-13-21)26-16-17-27-23-11-7-6-8-19(23)18-25/h3-15H,16-17H2,1-2H3. The van der Waals surface area contributed by atoms with Crippen LogP contribution in [0.15, 0.2) is 78.9 Å². The van der Waals surface area contributed by atoms with E-state index in [2.05, 4.69) is 56.3 Å². The van der Waals surface area contributed by atoms with Crippen LogP contribution in [0.2, 0.25) is 0 Å². The molecule has 0 amide bonds. The summed E-state index contributed by atoms with van der Waals surface area (Å²) in [5, 5.41) is 9.07. The average molecular weight is 357 g/mol. The van der Waals surface area contributed by atoms with Gasteiger partial charge < -0.3 is 9.47 Å². The van der Waals surface area contributed by atoms with Gasteiger partial charge in [0.05, 0.1) is 5.56 Å². The van der Waals surface area contributed by atoms with Crippen LogP contribution in [0.5, 0.6) is 11.5 Å². The topological polar surface area (TPSA) is 42.2 Å². The molecule has 0 radical (unpaired) electrons. The maximum absolute atomic E-state index is 9.07. The van der Waals surface area contributed by atoms with Crippen molar-refractivity contribution >= 4 is 0 Å². The van der Waals surface area contributed by atoms with Gasteiger partial charge in [0.2, 0.25) is 0 Å². The van der Waals surface area contributed by atoms with Gasteiger partial charge in [-0.1, -0.05) is 68.4 Å². The van der Waals surface area contributed by atoms with Gasteiger partial charge in [-0.3, -0.25) is 0 Å². The number of rotatable bonds is 7. The fourth-order valence-corrected chi connectivity index (χ4v) is 2.99. The molecule has 0 aliphatic carbocycles. The Balaban J connectivity index is 1.56. The molecule has 0 atom stereocenters. The van der Waals surface area contributed by atoms with Gasteiger partial charge in [-0.25, -0.2) is 0 Å². The third kappa shape index (κ3) is 4.48. The van der Waals surface area contributed by atoms with Crippen LogP contribution in [0, 0.1) is 11.3 Å². The molecule has 3 heteroatoms. The first-order valence-corrected chi connectivity index (χ1v) is 9.02. The summed E-state index contributed by atoms with van der Waals surface area (Å²) >= 11 is 0. The van der Waals surface area contributed by atoms with Gasteiger partial charge in [0.15, 0.2) is 0 Å². The lowest BCUT2D eigenvalue weighted by atomic mass is 9.78. The number of hydrogen-bond donors (Lipinski definition) is 0. The molecule has 27 heavy (non-hydrogen) atoms. The molecular weight excluding hydrogens is 334 g/mol. The van der Waals surface area contributed by atoms with Crippen molar-refractivity contribution in [3.05, 3.63) is 95.6 Å². The molecule has 0 aliphatic heterocycles. The predicted molar refractivity (Wildman–Crippen MR) is 107 cm³/mol. The lowest BCUT2D eigenvalue weighted by Crippen LogP contribution is -2.18. The second kappa shape index (κ2) is 8.42. The van der Waals surface area contributed by atoms with Gasteiger partial charge in [-0.05, 0) is 35.4 Å². The van der Waals surface area contributed by atoms with Crippen LogP contribution < -0.4 is 9.47 Å². The highest BCUT2D eigenvalue weighted by atomic mass is 16.5. The van der Waals surface area contributed by atoms with Gasteiger partial charge >= 0.3 is 0 Å². The Morgan fingerprint density at radius 1 is 0.741 bits per heavy atom. The minimum Gasteiger partial charge on any atom is -0.490 e. The van der Waals surface area contributed by atoms with E-state index in [9.17, 15) is 0 Å². The van der Waals surface area contributed by atoms with E-state index < -0.39 is 0 Å². The summed E-state index contributed by atoms with van der Waals surface area (Å²) in [5.74, 6) is 1.39. The van der Waals surface area contributed by atoms with Crippen LogP contribution in [0.4, 0.5) is 0 Å². The molecule has 0 fully saturated rings. The second-order valence-electron chi connectivity index (χ2n) is 6.82. The first kappa shape index (κ1) is 18.5. The van der Waals surface area contributed by atoms with Crippen molar-refractivity contribution in [3.63, 3.8) is 0 Å². The Labute approximate surface area is 160 Å². The summed E-state index contributed by atoms with van der Waals surface area (Å²) < 4.78 is 11.4. The Kier molecular flexibility index (Phi) is 5.78. The molecule has 0 unspecified atom stereocenters. The smallest absolute Gasteiger partial charge is 0.137 e. The summed E-state index contributed by atoms with van der Waals surface area (Å²) in [7, 11) is 0. The fourth-order valence-electron chi connectivity index (χ4n) is 2.99. The minimum atomic E-state index is -0.0656. The van der Waals surface area contributed by atoms with Crippen molar-refractivity contribution in [3.8, 4) is 17.6 Å². The largest absolute Gasteiger partial charge is 0.490 e. The zero-order valence-electron chi connectivity index (χ0n) is 15.7. The van der Waals surface area contributed by atoms with E-state index in [4.69, 9.17) is 14.7 Å². The molecule has 3 nitrogen and oxygen atoms in total. The monoisotopic (exact) mass is 357 g/mol. The van der Waals surface area contributed by atoms with Gasteiger partial charge in [0, 0.05) is 5.41 Å². The average Bonchev–Trinajstić information content (AvgIpc) is 2.72. The van der Waals surface area contributed by atoms with Gasteiger partial charge in [0.1, 0.15) is 30.8 Å². The van der Waals surface area contributed by atoms with E-state index in [1.807, 2.05) is 30.3 Å². The number of benzene rings is 3. The summed E-state index contributed by atoms with van der Waals surface area (Å²) in [6, 6.07) is 28.0. The van der Waals surface area contributed by atoms with E-state index >= 15 is 0 Å². The van der Waals surface area contributed by atoms with E-state index in [-0.39, 0.29) is 5.41 Å². The van der Waals surface area contributed by atoms with Crippen molar-refractivity contribution < 1.29 is 9.47 Å². The van der Waals surface area contributed by atoms with E-state index in [0.29, 0.717) is 24.5 Å². The number of ether oxygens (including phenoxy) is 2. The maximum atomic E-state index is 9.07. The molecule has 3 aromatic rings. The van der Waals surface area contributed by atoms with Crippen LogP contribution >= 0.6 is 0 Å². The van der Waals surface area contributed by atoms with Crippen LogP contribution in [0.25, 0.3) is 0 Å². The van der Waals surface area contributed by atoms with Crippen molar-refractivity contribution in [2.75, 3.05) is 13.2 Å². The summed E-state index contributed by atoms with van der Waals surface area (Å²) in [6.45, 7) is 5.24. The highest BCUT2D eigenvalue weighted by Crippen LogP contribution is 2.32. The Morgan fingerprint density at radius 2 is 1.33 bits per heavy atom. The minimum absolute atomic E-state index is 0.0656. The quantitative estimate of drug-likeness (QED) is 0.536. The van der Waals surface area contributed by atoms with Crippen LogP contribution in [-0.4, -0.2) is 13.2 Å². The van der Waals surface area contributed by atoms with E-state index in [0.717, 1.165) is 5.75 Å². The number of nitrogens with zero attached hydrogens (tertiary/aromatic N) is 1. The molecule has 0 aromatic heterocycles. The molecule has 3 rings (SSSR count). The highest BCUT2D eigenvalue weighted by Gasteiger charge is 2.22. The Hall–Kier alpha value is -3.25. The Morgan fingerprint density at radius 3 is 2.04 bits per heavy atom. The first-order valence-electron chi connectivity index (χ1n) is 9.02. The number of nitriles is 1. The molecular formula is C24H23NO2. The summed E-state index contributed by atoms with van der Waals surface area (Å²) in [6.07, 6.45) is 0. The van der Waals surface area contributed by atoms with Crippen LogP contribution in [-0.2, 0) is 5.41 Å². The molecule has 136 valence electrons. The van der Waals surface area contributed by atoms with Crippen LogP contribution in [0.3, 0.4) is 0 Å².